The van der Waals surface area contributed by atoms with Crippen LogP contribution in [0.25, 0.3) is 0 Å². The third-order valence-corrected chi connectivity index (χ3v) is 5.06. The van der Waals surface area contributed by atoms with Crippen molar-refractivity contribution in [3.63, 3.8) is 0 Å². The quantitative estimate of drug-likeness (QED) is 0.770. The Labute approximate surface area is 155 Å². The molecular weight excluding hydrogens is 357 g/mol. The maximum absolute atomic E-state index is 12.8. The van der Waals surface area contributed by atoms with Gasteiger partial charge in [-0.1, -0.05) is 43.7 Å². The largest absolute Gasteiger partial charge is 0.512 e. The number of aromatic nitrogens is 2. The zero-order valence-corrected chi connectivity index (χ0v) is 14.7. The predicted octanol–water partition coefficient (Wildman–Crippen LogP) is 4.66. The lowest BCUT2D eigenvalue weighted by Crippen LogP contribution is -2.26. The first kappa shape index (κ1) is 19.2. The Morgan fingerprint density at radius 1 is 1.19 bits per heavy atom. The monoisotopic (exact) mass is 378 g/mol. The van der Waals surface area contributed by atoms with Crippen LogP contribution in [0.15, 0.2) is 53.5 Å². The SMILES string of the molecule is C=C(O)C(c1ccc(Cn2nc(C(F)(F)F)ccc2=O)cc1)C1CCCC1. The van der Waals surface area contributed by atoms with E-state index in [0.29, 0.717) is 17.5 Å². The summed E-state index contributed by atoms with van der Waals surface area (Å²) < 4.78 is 39.2. The smallest absolute Gasteiger partial charge is 0.435 e. The van der Waals surface area contributed by atoms with Gasteiger partial charge < -0.3 is 5.11 Å². The third-order valence-electron chi connectivity index (χ3n) is 5.06. The van der Waals surface area contributed by atoms with E-state index >= 15 is 0 Å². The van der Waals surface area contributed by atoms with Gasteiger partial charge in [-0.3, -0.25) is 4.79 Å². The van der Waals surface area contributed by atoms with E-state index in [1.807, 2.05) is 12.1 Å². The lowest BCUT2D eigenvalue weighted by atomic mass is 9.83. The van der Waals surface area contributed by atoms with Gasteiger partial charge >= 0.3 is 6.18 Å². The van der Waals surface area contributed by atoms with Crippen LogP contribution in [-0.4, -0.2) is 14.9 Å². The highest BCUT2D eigenvalue weighted by Crippen LogP contribution is 2.40. The van der Waals surface area contributed by atoms with Gasteiger partial charge in [0.2, 0.25) is 0 Å². The van der Waals surface area contributed by atoms with Crippen LogP contribution in [0.2, 0.25) is 0 Å². The number of hydrogen-bond acceptors (Lipinski definition) is 3. The molecule has 0 spiro atoms. The molecule has 1 N–H and O–H groups in total. The lowest BCUT2D eigenvalue weighted by Gasteiger charge is -2.23. The van der Waals surface area contributed by atoms with E-state index in [9.17, 15) is 23.1 Å². The standard InChI is InChI=1S/C20H21F3N2O2/c1-13(26)19(15-4-2-3-5-15)16-8-6-14(7-9-16)12-25-18(27)11-10-17(24-25)20(21,22)23/h6-11,15,19,26H,1-5,12H2. The Morgan fingerprint density at radius 2 is 1.81 bits per heavy atom. The number of alkyl halides is 3. The van der Waals surface area contributed by atoms with Gasteiger partial charge in [0.1, 0.15) is 0 Å². The van der Waals surface area contributed by atoms with E-state index in [4.69, 9.17) is 0 Å². The minimum atomic E-state index is -4.60. The van der Waals surface area contributed by atoms with Crippen LogP contribution in [-0.2, 0) is 12.7 Å². The Kier molecular flexibility index (Phi) is 5.39. The molecule has 0 radical (unpaired) electrons. The summed E-state index contributed by atoms with van der Waals surface area (Å²) >= 11 is 0. The highest BCUT2D eigenvalue weighted by molar-refractivity contribution is 5.30. The van der Waals surface area contributed by atoms with Gasteiger partial charge in [-0.25, -0.2) is 4.68 Å². The maximum Gasteiger partial charge on any atom is 0.435 e. The van der Waals surface area contributed by atoms with Crippen molar-refractivity contribution in [1.29, 1.82) is 0 Å². The number of aliphatic hydroxyl groups excluding tert-OH is 1. The van der Waals surface area contributed by atoms with Crippen LogP contribution >= 0.6 is 0 Å². The van der Waals surface area contributed by atoms with Gasteiger partial charge in [0, 0.05) is 12.0 Å². The molecule has 0 amide bonds. The first-order chi connectivity index (χ1) is 12.8. The number of aliphatic hydroxyl groups is 1. The van der Waals surface area contributed by atoms with E-state index in [-0.39, 0.29) is 18.2 Å². The highest BCUT2D eigenvalue weighted by Gasteiger charge is 2.33. The molecule has 144 valence electrons. The van der Waals surface area contributed by atoms with Crippen LogP contribution in [0.5, 0.6) is 0 Å². The molecule has 1 heterocycles. The van der Waals surface area contributed by atoms with Gasteiger partial charge in [0.05, 0.1) is 12.3 Å². The molecule has 3 rings (SSSR count). The van der Waals surface area contributed by atoms with Crippen molar-refractivity contribution < 1.29 is 18.3 Å². The van der Waals surface area contributed by atoms with E-state index in [0.717, 1.165) is 42.0 Å². The maximum atomic E-state index is 12.8. The molecule has 1 saturated carbocycles. The molecule has 1 aromatic heterocycles. The minimum Gasteiger partial charge on any atom is -0.512 e. The summed E-state index contributed by atoms with van der Waals surface area (Å²) in [5, 5.41) is 13.4. The first-order valence-corrected chi connectivity index (χ1v) is 8.87. The molecule has 1 atom stereocenters. The van der Waals surface area contributed by atoms with Gasteiger partial charge in [-0.2, -0.15) is 18.3 Å². The molecular formula is C20H21F3N2O2. The number of benzene rings is 1. The second-order valence-electron chi connectivity index (χ2n) is 6.97. The molecule has 1 aliphatic rings. The summed E-state index contributed by atoms with van der Waals surface area (Å²) in [5.41, 5.74) is -0.125. The summed E-state index contributed by atoms with van der Waals surface area (Å²) in [6.07, 6.45) is -0.256. The molecule has 0 saturated heterocycles. The fourth-order valence-electron chi connectivity index (χ4n) is 3.74. The second-order valence-corrected chi connectivity index (χ2v) is 6.97. The van der Waals surface area contributed by atoms with Gasteiger partial charge in [-0.05, 0) is 36.0 Å². The fourth-order valence-corrected chi connectivity index (χ4v) is 3.74. The van der Waals surface area contributed by atoms with Crippen LogP contribution in [0.4, 0.5) is 13.2 Å². The predicted molar refractivity (Wildman–Crippen MR) is 95.5 cm³/mol. The zero-order valence-electron chi connectivity index (χ0n) is 14.7. The second kappa shape index (κ2) is 7.58. The normalized spacial score (nSPS) is 16.4. The number of rotatable bonds is 5. The lowest BCUT2D eigenvalue weighted by molar-refractivity contribution is -0.142. The molecule has 2 aromatic rings. The van der Waals surface area contributed by atoms with E-state index < -0.39 is 17.4 Å². The summed E-state index contributed by atoms with van der Waals surface area (Å²) in [5.74, 6) is 0.336. The molecule has 0 bridgehead atoms. The summed E-state index contributed by atoms with van der Waals surface area (Å²) in [6, 6.07) is 8.71. The number of halogens is 3. The average molecular weight is 378 g/mol. The molecule has 1 aliphatic carbocycles. The van der Waals surface area contributed by atoms with Gasteiger partial charge in [-0.15, -0.1) is 0 Å². The number of hydrogen-bond donors (Lipinski definition) is 1. The highest BCUT2D eigenvalue weighted by atomic mass is 19.4. The van der Waals surface area contributed by atoms with Crippen molar-refractivity contribution in [1.82, 2.24) is 9.78 Å². The van der Waals surface area contributed by atoms with Crippen molar-refractivity contribution in [2.45, 2.75) is 44.3 Å². The fraction of sp³-hybridized carbons (Fsp3) is 0.400. The van der Waals surface area contributed by atoms with Crippen molar-refractivity contribution >= 4 is 0 Å². The molecule has 1 unspecified atom stereocenters. The minimum absolute atomic E-state index is 0.0583. The van der Waals surface area contributed by atoms with Crippen LogP contribution < -0.4 is 5.56 Å². The molecule has 0 aliphatic heterocycles. The molecule has 7 heteroatoms. The average Bonchev–Trinajstić information content (AvgIpc) is 3.11. The summed E-state index contributed by atoms with van der Waals surface area (Å²) in [7, 11) is 0. The van der Waals surface area contributed by atoms with Crippen molar-refractivity contribution in [3.05, 3.63) is 75.9 Å². The zero-order chi connectivity index (χ0) is 19.6. The first-order valence-electron chi connectivity index (χ1n) is 8.87. The van der Waals surface area contributed by atoms with Crippen LogP contribution in [0.3, 0.4) is 0 Å². The topological polar surface area (TPSA) is 55.1 Å². The van der Waals surface area contributed by atoms with E-state index in [1.165, 1.54) is 0 Å². The third kappa shape index (κ3) is 4.40. The Hall–Kier alpha value is -2.57. The van der Waals surface area contributed by atoms with Crippen molar-refractivity contribution in [2.75, 3.05) is 0 Å². The Bertz CT molecular complexity index is 866. The molecule has 27 heavy (non-hydrogen) atoms. The molecule has 4 nitrogen and oxygen atoms in total. The number of nitrogens with zero attached hydrogens (tertiary/aromatic N) is 2. The van der Waals surface area contributed by atoms with Crippen LogP contribution in [0, 0.1) is 5.92 Å². The van der Waals surface area contributed by atoms with Gasteiger partial charge in [0.25, 0.3) is 5.56 Å². The number of allylic oxidation sites excluding steroid dienone is 1. The molecule has 1 fully saturated rings. The van der Waals surface area contributed by atoms with Crippen molar-refractivity contribution in [2.24, 2.45) is 5.92 Å². The summed E-state index contributed by atoms with van der Waals surface area (Å²) in [4.78, 5) is 11.8. The summed E-state index contributed by atoms with van der Waals surface area (Å²) in [6.45, 7) is 3.65. The Morgan fingerprint density at radius 3 is 2.37 bits per heavy atom. The van der Waals surface area contributed by atoms with Crippen LogP contribution in [0.1, 0.15) is 48.4 Å². The Balaban J connectivity index is 1.82. The van der Waals surface area contributed by atoms with E-state index in [1.54, 1.807) is 12.1 Å². The van der Waals surface area contributed by atoms with Crippen molar-refractivity contribution in [3.8, 4) is 0 Å². The van der Waals surface area contributed by atoms with Gasteiger partial charge in [0.15, 0.2) is 5.69 Å². The van der Waals surface area contributed by atoms with E-state index in [2.05, 4.69) is 11.7 Å². The molecule has 1 aromatic carbocycles.